The van der Waals surface area contributed by atoms with E-state index >= 15 is 0 Å². The molecule has 0 radical (unpaired) electrons. The monoisotopic (exact) mass is 301 g/mol. The summed E-state index contributed by atoms with van der Waals surface area (Å²) in [6, 6.07) is 8.16. The predicted octanol–water partition coefficient (Wildman–Crippen LogP) is 1.67. The van der Waals surface area contributed by atoms with Gasteiger partial charge in [0.15, 0.2) is 5.82 Å². The number of aromatic amines is 1. The molecule has 0 aliphatic heterocycles. The number of carboxylic acids is 1. The first-order chi connectivity index (χ1) is 10.5. The van der Waals surface area contributed by atoms with Crippen molar-refractivity contribution < 1.29 is 9.90 Å². The second-order valence-corrected chi connectivity index (χ2v) is 5.22. The molecule has 0 unspecified atom stereocenters. The summed E-state index contributed by atoms with van der Waals surface area (Å²) in [7, 11) is 0. The first-order valence-corrected chi connectivity index (χ1v) is 7.06. The molecule has 3 N–H and O–H groups in total. The molecule has 22 heavy (non-hydrogen) atoms. The molecular formula is C16H19N3O3. The Morgan fingerprint density at radius 3 is 2.59 bits per heavy atom. The van der Waals surface area contributed by atoms with E-state index in [1.165, 1.54) is 5.56 Å². The van der Waals surface area contributed by atoms with Gasteiger partial charge in [0.2, 0.25) is 0 Å². The van der Waals surface area contributed by atoms with Crippen molar-refractivity contribution in [2.45, 2.75) is 26.7 Å². The first kappa shape index (κ1) is 15.8. The summed E-state index contributed by atoms with van der Waals surface area (Å²) in [5, 5.41) is 11.8. The Hall–Kier alpha value is -2.63. The van der Waals surface area contributed by atoms with Gasteiger partial charge in [-0.1, -0.05) is 29.8 Å². The number of hydrogen-bond acceptors (Lipinski definition) is 4. The van der Waals surface area contributed by atoms with Gasteiger partial charge < -0.3 is 15.4 Å². The van der Waals surface area contributed by atoms with Crippen molar-refractivity contribution >= 4 is 11.8 Å². The summed E-state index contributed by atoms with van der Waals surface area (Å²) < 4.78 is 0. The third kappa shape index (κ3) is 4.18. The molecule has 0 saturated heterocycles. The fraction of sp³-hybridized carbons (Fsp3) is 0.312. The molecule has 1 aromatic carbocycles. The zero-order chi connectivity index (χ0) is 16.1. The quantitative estimate of drug-likeness (QED) is 0.754. The molecule has 0 atom stereocenters. The molecule has 1 aromatic heterocycles. The van der Waals surface area contributed by atoms with Gasteiger partial charge in [0.25, 0.3) is 5.56 Å². The van der Waals surface area contributed by atoms with Gasteiger partial charge in [-0.15, -0.1) is 0 Å². The average Bonchev–Trinajstić information content (AvgIpc) is 2.45. The minimum atomic E-state index is -0.978. The maximum absolute atomic E-state index is 11.8. The number of H-pyrrole nitrogens is 1. The number of benzene rings is 1. The Labute approximate surface area is 128 Å². The highest BCUT2D eigenvalue weighted by atomic mass is 16.4. The van der Waals surface area contributed by atoms with Crippen molar-refractivity contribution in [3.05, 3.63) is 57.1 Å². The van der Waals surface area contributed by atoms with Crippen molar-refractivity contribution in [2.24, 2.45) is 0 Å². The summed E-state index contributed by atoms with van der Waals surface area (Å²) in [5.74, 6) is -0.817. The molecule has 2 rings (SSSR count). The predicted molar refractivity (Wildman–Crippen MR) is 84.3 cm³/mol. The Balaban J connectivity index is 2.04. The SMILES string of the molecule is Cc1ccc(CCNc2nc(CC(=O)O)c(C)[nH]c2=O)cc1. The summed E-state index contributed by atoms with van der Waals surface area (Å²) in [6.07, 6.45) is 0.540. The molecule has 0 aliphatic carbocycles. The van der Waals surface area contributed by atoms with Gasteiger partial charge in [-0.2, -0.15) is 0 Å². The number of carboxylic acid groups (broad SMARTS) is 1. The lowest BCUT2D eigenvalue weighted by molar-refractivity contribution is -0.136. The van der Waals surface area contributed by atoms with Gasteiger partial charge in [-0.05, 0) is 25.8 Å². The third-order valence-electron chi connectivity index (χ3n) is 3.34. The van der Waals surface area contributed by atoms with Crippen LogP contribution in [0.5, 0.6) is 0 Å². The smallest absolute Gasteiger partial charge is 0.309 e. The molecule has 0 amide bonds. The number of nitrogens with zero attached hydrogens (tertiary/aromatic N) is 1. The number of aryl methyl sites for hydroxylation is 2. The van der Waals surface area contributed by atoms with Crippen LogP contribution in [0, 0.1) is 13.8 Å². The van der Waals surface area contributed by atoms with E-state index in [-0.39, 0.29) is 17.8 Å². The van der Waals surface area contributed by atoms with Gasteiger partial charge >= 0.3 is 5.97 Å². The van der Waals surface area contributed by atoms with E-state index in [9.17, 15) is 9.59 Å². The fourth-order valence-electron chi connectivity index (χ4n) is 2.09. The lowest BCUT2D eigenvalue weighted by Crippen LogP contribution is -2.21. The van der Waals surface area contributed by atoms with E-state index in [0.29, 0.717) is 17.9 Å². The maximum Gasteiger partial charge on any atom is 0.309 e. The van der Waals surface area contributed by atoms with Crippen LogP contribution in [0.2, 0.25) is 0 Å². The van der Waals surface area contributed by atoms with Gasteiger partial charge in [-0.3, -0.25) is 9.59 Å². The number of aromatic nitrogens is 2. The van der Waals surface area contributed by atoms with Crippen LogP contribution in [0.25, 0.3) is 0 Å². The normalized spacial score (nSPS) is 10.5. The molecule has 0 bridgehead atoms. The minimum absolute atomic E-state index is 0.161. The molecule has 1 heterocycles. The van der Waals surface area contributed by atoms with Gasteiger partial charge in [-0.25, -0.2) is 4.98 Å². The molecule has 6 heteroatoms. The average molecular weight is 301 g/mol. The Morgan fingerprint density at radius 2 is 1.95 bits per heavy atom. The van der Waals surface area contributed by atoms with E-state index in [2.05, 4.69) is 15.3 Å². The van der Waals surface area contributed by atoms with Crippen LogP contribution in [-0.2, 0) is 17.6 Å². The second-order valence-electron chi connectivity index (χ2n) is 5.22. The fourth-order valence-corrected chi connectivity index (χ4v) is 2.09. The molecule has 6 nitrogen and oxygen atoms in total. The van der Waals surface area contributed by atoms with Gasteiger partial charge in [0.1, 0.15) is 0 Å². The lowest BCUT2D eigenvalue weighted by Gasteiger charge is -2.08. The summed E-state index contributed by atoms with van der Waals surface area (Å²) in [6.45, 7) is 4.22. The van der Waals surface area contributed by atoms with E-state index in [0.717, 1.165) is 12.0 Å². The zero-order valence-corrected chi connectivity index (χ0v) is 12.6. The standard InChI is InChI=1S/C16H19N3O3/c1-10-3-5-12(6-4-10)7-8-17-15-16(22)18-11(2)13(19-15)9-14(20)21/h3-6H,7-9H2,1-2H3,(H,17,19)(H,18,22)(H,20,21). The Morgan fingerprint density at radius 1 is 1.27 bits per heavy atom. The highest BCUT2D eigenvalue weighted by Crippen LogP contribution is 2.06. The molecule has 0 saturated carbocycles. The Bertz CT molecular complexity index is 720. The largest absolute Gasteiger partial charge is 0.481 e. The zero-order valence-electron chi connectivity index (χ0n) is 12.6. The second kappa shape index (κ2) is 6.89. The van der Waals surface area contributed by atoms with E-state index in [1.54, 1.807) is 6.92 Å². The van der Waals surface area contributed by atoms with Crippen LogP contribution < -0.4 is 10.9 Å². The number of anilines is 1. The molecule has 0 fully saturated rings. The van der Waals surface area contributed by atoms with Crippen LogP contribution in [-0.4, -0.2) is 27.6 Å². The Kier molecular flexibility index (Phi) is 4.93. The summed E-state index contributed by atoms with van der Waals surface area (Å²) in [5.41, 5.74) is 2.87. The maximum atomic E-state index is 11.8. The molecule has 116 valence electrons. The van der Waals surface area contributed by atoms with Crippen molar-refractivity contribution in [3.8, 4) is 0 Å². The number of rotatable bonds is 6. The van der Waals surface area contributed by atoms with Gasteiger partial charge in [0.05, 0.1) is 12.1 Å². The minimum Gasteiger partial charge on any atom is -0.481 e. The van der Waals surface area contributed by atoms with Crippen molar-refractivity contribution in [2.75, 3.05) is 11.9 Å². The van der Waals surface area contributed by atoms with E-state index in [1.807, 2.05) is 31.2 Å². The topological polar surface area (TPSA) is 95.1 Å². The molecule has 2 aromatic rings. The lowest BCUT2D eigenvalue weighted by atomic mass is 10.1. The molecule has 0 aliphatic rings. The number of nitrogens with one attached hydrogen (secondary N) is 2. The van der Waals surface area contributed by atoms with Crippen LogP contribution in [0.1, 0.15) is 22.5 Å². The highest BCUT2D eigenvalue weighted by Gasteiger charge is 2.10. The number of hydrogen-bond donors (Lipinski definition) is 3. The van der Waals surface area contributed by atoms with Crippen LogP contribution in [0.15, 0.2) is 29.1 Å². The highest BCUT2D eigenvalue weighted by molar-refractivity contribution is 5.70. The van der Waals surface area contributed by atoms with E-state index in [4.69, 9.17) is 5.11 Å². The summed E-state index contributed by atoms with van der Waals surface area (Å²) in [4.78, 5) is 29.4. The molecular weight excluding hydrogens is 282 g/mol. The van der Waals surface area contributed by atoms with Crippen LogP contribution in [0.3, 0.4) is 0 Å². The number of carbonyl (C=O) groups is 1. The van der Waals surface area contributed by atoms with Crippen LogP contribution >= 0.6 is 0 Å². The van der Waals surface area contributed by atoms with Crippen molar-refractivity contribution in [1.29, 1.82) is 0 Å². The third-order valence-corrected chi connectivity index (χ3v) is 3.34. The van der Waals surface area contributed by atoms with Crippen molar-refractivity contribution in [3.63, 3.8) is 0 Å². The van der Waals surface area contributed by atoms with E-state index < -0.39 is 5.97 Å². The first-order valence-electron chi connectivity index (χ1n) is 7.06. The van der Waals surface area contributed by atoms with Gasteiger partial charge in [0, 0.05) is 12.2 Å². The molecule has 0 spiro atoms. The van der Waals surface area contributed by atoms with Crippen LogP contribution in [0.4, 0.5) is 5.82 Å². The van der Waals surface area contributed by atoms with Crippen molar-refractivity contribution in [1.82, 2.24) is 9.97 Å². The summed E-state index contributed by atoms with van der Waals surface area (Å²) >= 11 is 0. The number of aliphatic carboxylic acids is 1.